The molecule has 1 aliphatic rings. The van der Waals surface area contributed by atoms with Crippen LogP contribution < -0.4 is 15.0 Å². The Morgan fingerprint density at radius 2 is 1.70 bits per heavy atom. The second kappa shape index (κ2) is 7.33. The summed E-state index contributed by atoms with van der Waals surface area (Å²) in [6.07, 6.45) is -0.404. The standard InChI is InChI=1S/C22H19ClN2O2/c1-2-27-16-13-11-15(12-14-16)25-21(17-7-3-5-9-19(17)23)24-20-10-6-4-8-18(20)22(25)26/h3-14,21,24H,2H2,1H3/t21-/m1/s1. The van der Waals surface area contributed by atoms with Gasteiger partial charge >= 0.3 is 0 Å². The highest BCUT2D eigenvalue weighted by Crippen LogP contribution is 2.39. The first-order valence-electron chi connectivity index (χ1n) is 8.85. The number of fused-ring (bicyclic) bond motifs is 1. The lowest BCUT2D eigenvalue weighted by molar-refractivity contribution is 0.0975. The fourth-order valence-corrected chi connectivity index (χ4v) is 3.54. The van der Waals surface area contributed by atoms with Gasteiger partial charge in [0.1, 0.15) is 11.9 Å². The Hall–Kier alpha value is -2.98. The van der Waals surface area contributed by atoms with Gasteiger partial charge in [-0.2, -0.15) is 0 Å². The first-order chi connectivity index (χ1) is 13.2. The van der Waals surface area contributed by atoms with Gasteiger partial charge in [0.2, 0.25) is 0 Å². The van der Waals surface area contributed by atoms with Gasteiger partial charge in [0.15, 0.2) is 0 Å². The zero-order chi connectivity index (χ0) is 18.8. The number of hydrogen-bond acceptors (Lipinski definition) is 3. The summed E-state index contributed by atoms with van der Waals surface area (Å²) in [6, 6.07) is 22.6. The minimum Gasteiger partial charge on any atom is -0.494 e. The zero-order valence-corrected chi connectivity index (χ0v) is 15.6. The third-order valence-electron chi connectivity index (χ3n) is 4.55. The second-order valence-corrected chi connectivity index (χ2v) is 6.62. The molecular formula is C22H19ClN2O2. The van der Waals surface area contributed by atoms with Gasteiger partial charge in [-0.15, -0.1) is 0 Å². The highest BCUT2D eigenvalue weighted by Gasteiger charge is 2.34. The van der Waals surface area contributed by atoms with Crippen molar-refractivity contribution in [2.75, 3.05) is 16.8 Å². The highest BCUT2D eigenvalue weighted by atomic mass is 35.5. The molecule has 4 nitrogen and oxygen atoms in total. The molecule has 1 aliphatic heterocycles. The molecule has 1 amide bonds. The van der Waals surface area contributed by atoms with Crippen LogP contribution in [-0.2, 0) is 0 Å². The van der Waals surface area contributed by atoms with Crippen LogP contribution in [0.25, 0.3) is 0 Å². The molecule has 1 N–H and O–H groups in total. The van der Waals surface area contributed by atoms with Crippen molar-refractivity contribution in [3.05, 3.63) is 88.9 Å². The monoisotopic (exact) mass is 378 g/mol. The fourth-order valence-electron chi connectivity index (χ4n) is 3.30. The van der Waals surface area contributed by atoms with Gasteiger partial charge in [0.05, 0.1) is 12.2 Å². The first kappa shape index (κ1) is 17.4. The lowest BCUT2D eigenvalue weighted by Crippen LogP contribution is -2.43. The van der Waals surface area contributed by atoms with E-state index in [9.17, 15) is 4.79 Å². The van der Waals surface area contributed by atoms with Crippen molar-refractivity contribution in [3.63, 3.8) is 0 Å². The summed E-state index contributed by atoms with van der Waals surface area (Å²) in [5.41, 5.74) is 3.05. The third-order valence-corrected chi connectivity index (χ3v) is 4.90. The number of carbonyl (C=O) groups is 1. The molecule has 0 aromatic heterocycles. The van der Waals surface area contributed by atoms with Crippen LogP contribution in [0.4, 0.5) is 11.4 Å². The Kier molecular flexibility index (Phi) is 4.73. The molecule has 1 heterocycles. The number of ether oxygens (including phenoxy) is 1. The number of benzene rings is 3. The average molecular weight is 379 g/mol. The summed E-state index contributed by atoms with van der Waals surface area (Å²) in [7, 11) is 0. The Bertz CT molecular complexity index is 972. The number of hydrogen-bond donors (Lipinski definition) is 1. The maximum absolute atomic E-state index is 13.3. The molecule has 0 saturated carbocycles. The maximum atomic E-state index is 13.3. The van der Waals surface area contributed by atoms with Crippen LogP contribution in [0, 0.1) is 0 Å². The molecule has 0 unspecified atom stereocenters. The number of rotatable bonds is 4. The van der Waals surface area contributed by atoms with Gasteiger partial charge in [-0.3, -0.25) is 9.69 Å². The van der Waals surface area contributed by atoms with Crippen LogP contribution in [0.15, 0.2) is 72.8 Å². The van der Waals surface area contributed by atoms with E-state index >= 15 is 0 Å². The molecule has 1 atom stereocenters. The van der Waals surface area contributed by atoms with Crippen molar-refractivity contribution < 1.29 is 9.53 Å². The Morgan fingerprint density at radius 1 is 1.00 bits per heavy atom. The van der Waals surface area contributed by atoms with E-state index in [2.05, 4.69) is 5.32 Å². The molecule has 0 spiro atoms. The minimum absolute atomic E-state index is 0.0709. The second-order valence-electron chi connectivity index (χ2n) is 6.22. The topological polar surface area (TPSA) is 41.6 Å². The van der Waals surface area contributed by atoms with Crippen LogP contribution >= 0.6 is 11.6 Å². The van der Waals surface area contributed by atoms with Crippen molar-refractivity contribution in [3.8, 4) is 5.75 Å². The summed E-state index contributed by atoms with van der Waals surface area (Å²) < 4.78 is 5.52. The Balaban J connectivity index is 1.82. The molecule has 136 valence electrons. The summed E-state index contributed by atoms with van der Waals surface area (Å²) in [5, 5.41) is 4.07. The molecule has 0 radical (unpaired) electrons. The van der Waals surface area contributed by atoms with Crippen LogP contribution in [-0.4, -0.2) is 12.5 Å². The largest absolute Gasteiger partial charge is 0.494 e. The molecule has 0 fully saturated rings. The Morgan fingerprint density at radius 3 is 2.44 bits per heavy atom. The van der Waals surface area contributed by atoms with Crippen LogP contribution in [0.5, 0.6) is 5.75 Å². The number of nitrogens with one attached hydrogen (secondary N) is 1. The first-order valence-corrected chi connectivity index (χ1v) is 9.23. The third kappa shape index (κ3) is 3.24. The quantitative estimate of drug-likeness (QED) is 0.650. The molecule has 0 saturated heterocycles. The number of para-hydroxylation sites is 1. The van der Waals surface area contributed by atoms with Crippen LogP contribution in [0.2, 0.25) is 5.02 Å². The predicted molar refractivity (Wildman–Crippen MR) is 109 cm³/mol. The lowest BCUT2D eigenvalue weighted by Gasteiger charge is -2.38. The van der Waals surface area contributed by atoms with Gasteiger partial charge in [-0.25, -0.2) is 0 Å². The van der Waals surface area contributed by atoms with E-state index in [0.717, 1.165) is 22.7 Å². The summed E-state index contributed by atoms with van der Waals surface area (Å²) >= 11 is 6.45. The van der Waals surface area contributed by atoms with Gasteiger partial charge in [0, 0.05) is 22.0 Å². The molecule has 5 heteroatoms. The van der Waals surface area contributed by atoms with E-state index in [0.29, 0.717) is 17.2 Å². The summed E-state index contributed by atoms with van der Waals surface area (Å²) in [4.78, 5) is 15.1. The molecule has 27 heavy (non-hydrogen) atoms. The normalized spacial score (nSPS) is 15.9. The number of halogens is 1. The summed E-state index contributed by atoms with van der Waals surface area (Å²) in [6.45, 7) is 2.54. The van der Waals surface area contributed by atoms with E-state index < -0.39 is 6.17 Å². The van der Waals surface area contributed by atoms with E-state index in [-0.39, 0.29) is 5.91 Å². The number of amides is 1. The van der Waals surface area contributed by atoms with Crippen molar-refractivity contribution in [2.24, 2.45) is 0 Å². The van der Waals surface area contributed by atoms with Gasteiger partial charge in [-0.1, -0.05) is 41.9 Å². The minimum atomic E-state index is -0.404. The van der Waals surface area contributed by atoms with Gasteiger partial charge < -0.3 is 10.1 Å². The molecule has 4 rings (SSSR count). The zero-order valence-electron chi connectivity index (χ0n) is 14.9. The van der Waals surface area contributed by atoms with Crippen LogP contribution in [0.3, 0.4) is 0 Å². The van der Waals surface area contributed by atoms with Crippen LogP contribution in [0.1, 0.15) is 29.0 Å². The molecule has 3 aromatic carbocycles. The van der Waals surface area contributed by atoms with E-state index in [4.69, 9.17) is 16.3 Å². The van der Waals surface area contributed by atoms with Crippen molar-refractivity contribution in [2.45, 2.75) is 13.1 Å². The molecule has 0 aliphatic carbocycles. The smallest absolute Gasteiger partial charge is 0.262 e. The maximum Gasteiger partial charge on any atom is 0.262 e. The average Bonchev–Trinajstić information content (AvgIpc) is 2.69. The van der Waals surface area contributed by atoms with E-state index in [1.807, 2.05) is 79.7 Å². The fraction of sp³-hybridized carbons (Fsp3) is 0.136. The highest BCUT2D eigenvalue weighted by molar-refractivity contribution is 6.31. The van der Waals surface area contributed by atoms with Crippen molar-refractivity contribution >= 4 is 28.9 Å². The SMILES string of the molecule is CCOc1ccc(N2C(=O)c3ccccc3N[C@H]2c2ccccc2Cl)cc1. The molecular weight excluding hydrogens is 360 g/mol. The van der Waals surface area contributed by atoms with Crippen molar-refractivity contribution in [1.82, 2.24) is 0 Å². The summed E-state index contributed by atoms with van der Waals surface area (Å²) in [5.74, 6) is 0.701. The van der Waals surface area contributed by atoms with E-state index in [1.54, 1.807) is 4.90 Å². The number of nitrogens with zero attached hydrogens (tertiary/aromatic N) is 1. The van der Waals surface area contributed by atoms with Crippen molar-refractivity contribution in [1.29, 1.82) is 0 Å². The Labute approximate surface area is 163 Å². The number of carbonyl (C=O) groups excluding carboxylic acids is 1. The van der Waals surface area contributed by atoms with E-state index in [1.165, 1.54) is 0 Å². The number of anilines is 2. The molecule has 0 bridgehead atoms. The molecule has 3 aromatic rings. The van der Waals surface area contributed by atoms with Gasteiger partial charge in [0.25, 0.3) is 5.91 Å². The lowest BCUT2D eigenvalue weighted by atomic mass is 10.0. The predicted octanol–water partition coefficient (Wildman–Crippen LogP) is 5.51. The van der Waals surface area contributed by atoms with Gasteiger partial charge in [-0.05, 0) is 49.4 Å².